The molecule has 3 heteroatoms. The Labute approximate surface area is 77.3 Å². The molecule has 1 aliphatic carbocycles. The summed E-state index contributed by atoms with van der Waals surface area (Å²) in [4.78, 5) is 11.0. The van der Waals surface area contributed by atoms with Crippen LogP contribution >= 0.6 is 11.6 Å². The predicted octanol–water partition coefficient (Wildman–Crippen LogP) is 1.97. The maximum atomic E-state index is 11.0. The Bertz CT molecular complexity index is 221. The van der Waals surface area contributed by atoms with Crippen LogP contribution in [0.3, 0.4) is 0 Å². The fraction of sp³-hybridized carbons (Fsp3) is 0.444. The van der Waals surface area contributed by atoms with Crippen LogP contribution in [0.15, 0.2) is 23.9 Å². The molecule has 0 aromatic carbocycles. The molecule has 0 unspecified atom stereocenters. The van der Waals surface area contributed by atoms with Gasteiger partial charge in [0.25, 0.3) is 0 Å². The smallest absolute Gasteiger partial charge is 0.225 e. The molecule has 1 N–H and O–H groups in total. The van der Waals surface area contributed by atoms with E-state index >= 15 is 0 Å². The van der Waals surface area contributed by atoms with Gasteiger partial charge < -0.3 is 5.32 Å². The lowest BCUT2D eigenvalue weighted by atomic mass is 10.1. The molecule has 0 heterocycles. The van der Waals surface area contributed by atoms with Crippen molar-refractivity contribution in [2.24, 2.45) is 0 Å². The number of halogens is 1. The van der Waals surface area contributed by atoms with Gasteiger partial charge in [0, 0.05) is 18.0 Å². The summed E-state index contributed by atoms with van der Waals surface area (Å²) in [6.45, 7) is 0. The molecule has 1 rings (SSSR count). The average Bonchev–Trinajstić information content (AvgIpc) is 2.06. The van der Waals surface area contributed by atoms with E-state index in [0.717, 1.165) is 18.5 Å². The third-order valence-electron chi connectivity index (χ3n) is 1.60. The molecule has 12 heavy (non-hydrogen) atoms. The first-order valence-corrected chi connectivity index (χ1v) is 4.59. The van der Waals surface area contributed by atoms with Gasteiger partial charge in [-0.1, -0.05) is 12.2 Å². The number of nitrogens with one attached hydrogen (secondary N) is 1. The van der Waals surface area contributed by atoms with Crippen LogP contribution in [0.2, 0.25) is 0 Å². The van der Waals surface area contributed by atoms with Crippen LogP contribution in [0.5, 0.6) is 0 Å². The van der Waals surface area contributed by atoms with E-state index in [9.17, 15) is 4.79 Å². The van der Waals surface area contributed by atoms with E-state index in [0.29, 0.717) is 12.3 Å². The van der Waals surface area contributed by atoms with Crippen molar-refractivity contribution in [2.75, 3.05) is 5.88 Å². The van der Waals surface area contributed by atoms with Crippen LogP contribution < -0.4 is 5.32 Å². The summed E-state index contributed by atoms with van der Waals surface area (Å²) in [5, 5.41) is 2.77. The predicted molar refractivity (Wildman–Crippen MR) is 49.9 cm³/mol. The zero-order valence-electron chi connectivity index (χ0n) is 6.85. The first kappa shape index (κ1) is 9.33. The molecule has 1 amide bonds. The Hall–Kier alpha value is -0.760. The molecule has 0 radical (unpaired) electrons. The minimum atomic E-state index is -0.0113. The monoisotopic (exact) mass is 185 g/mol. The first-order valence-electron chi connectivity index (χ1n) is 4.05. The molecule has 0 saturated carbocycles. The van der Waals surface area contributed by atoms with E-state index in [1.807, 2.05) is 12.2 Å². The highest BCUT2D eigenvalue weighted by Crippen LogP contribution is 2.06. The molecule has 0 bridgehead atoms. The lowest BCUT2D eigenvalue weighted by Gasteiger charge is -2.07. The summed E-state index contributed by atoms with van der Waals surface area (Å²) < 4.78 is 0. The van der Waals surface area contributed by atoms with Crippen molar-refractivity contribution in [1.82, 2.24) is 5.32 Å². The van der Waals surface area contributed by atoms with E-state index in [4.69, 9.17) is 11.6 Å². The second-order valence-corrected chi connectivity index (χ2v) is 3.00. The lowest BCUT2D eigenvalue weighted by molar-refractivity contribution is -0.119. The van der Waals surface area contributed by atoms with Crippen molar-refractivity contribution < 1.29 is 4.79 Å². The molecule has 0 aromatic heterocycles. The van der Waals surface area contributed by atoms with Crippen LogP contribution in [0.4, 0.5) is 0 Å². The minimum absolute atomic E-state index is 0.0113. The first-order chi connectivity index (χ1) is 5.83. The Morgan fingerprint density at radius 2 is 2.42 bits per heavy atom. The molecular formula is C9H12ClNO. The molecule has 0 aromatic rings. The quantitative estimate of drug-likeness (QED) is 0.670. The topological polar surface area (TPSA) is 29.1 Å². The van der Waals surface area contributed by atoms with Crippen molar-refractivity contribution in [3.8, 4) is 0 Å². The fourth-order valence-corrected chi connectivity index (χ4v) is 1.19. The Morgan fingerprint density at radius 1 is 1.58 bits per heavy atom. The maximum Gasteiger partial charge on any atom is 0.225 e. The molecular weight excluding hydrogens is 174 g/mol. The molecule has 66 valence electrons. The van der Waals surface area contributed by atoms with Gasteiger partial charge in [-0.05, 0) is 18.9 Å². The number of rotatable bonds is 3. The number of carbonyl (C=O) groups excluding carboxylic acids is 1. The number of amides is 1. The van der Waals surface area contributed by atoms with E-state index in [1.54, 1.807) is 0 Å². The number of alkyl halides is 1. The SMILES string of the molecule is O=C(CCCl)NC1=CCCC=C1. The average molecular weight is 186 g/mol. The minimum Gasteiger partial charge on any atom is -0.326 e. The lowest BCUT2D eigenvalue weighted by Crippen LogP contribution is -2.22. The van der Waals surface area contributed by atoms with E-state index in [2.05, 4.69) is 11.4 Å². The Morgan fingerprint density at radius 3 is 3.00 bits per heavy atom. The fourth-order valence-electron chi connectivity index (χ4n) is 1.02. The third-order valence-corrected chi connectivity index (χ3v) is 1.79. The van der Waals surface area contributed by atoms with Crippen LogP contribution in [0.1, 0.15) is 19.3 Å². The van der Waals surface area contributed by atoms with Crippen LogP contribution in [-0.4, -0.2) is 11.8 Å². The molecule has 0 saturated heterocycles. The molecule has 0 fully saturated rings. The highest BCUT2D eigenvalue weighted by Gasteiger charge is 2.02. The Kier molecular flexibility index (Phi) is 3.88. The van der Waals surface area contributed by atoms with Gasteiger partial charge in [-0.15, -0.1) is 11.6 Å². The second kappa shape index (κ2) is 4.99. The van der Waals surface area contributed by atoms with E-state index in [1.165, 1.54) is 0 Å². The normalized spacial score (nSPS) is 15.6. The zero-order chi connectivity index (χ0) is 8.81. The van der Waals surface area contributed by atoms with Crippen molar-refractivity contribution in [1.29, 1.82) is 0 Å². The van der Waals surface area contributed by atoms with Gasteiger partial charge in [0.2, 0.25) is 5.91 Å². The largest absolute Gasteiger partial charge is 0.326 e. The van der Waals surface area contributed by atoms with Crippen LogP contribution in [0.25, 0.3) is 0 Å². The summed E-state index contributed by atoms with van der Waals surface area (Å²) in [6, 6.07) is 0. The maximum absolute atomic E-state index is 11.0. The highest BCUT2D eigenvalue weighted by atomic mass is 35.5. The van der Waals surface area contributed by atoms with Crippen molar-refractivity contribution >= 4 is 17.5 Å². The van der Waals surface area contributed by atoms with Gasteiger partial charge in [0.15, 0.2) is 0 Å². The summed E-state index contributed by atoms with van der Waals surface area (Å²) in [7, 11) is 0. The van der Waals surface area contributed by atoms with Crippen LogP contribution in [-0.2, 0) is 4.79 Å². The highest BCUT2D eigenvalue weighted by molar-refractivity contribution is 6.18. The van der Waals surface area contributed by atoms with Crippen molar-refractivity contribution in [3.05, 3.63) is 23.9 Å². The molecule has 2 nitrogen and oxygen atoms in total. The number of carbonyl (C=O) groups is 1. The van der Waals surface area contributed by atoms with Crippen molar-refractivity contribution in [2.45, 2.75) is 19.3 Å². The third kappa shape index (κ3) is 3.09. The molecule has 0 spiro atoms. The standard InChI is InChI=1S/C9H12ClNO/c10-7-6-9(12)11-8-4-2-1-3-5-8/h2,4-5H,1,3,6-7H2,(H,11,12). The van der Waals surface area contributed by atoms with E-state index in [-0.39, 0.29) is 5.91 Å². The zero-order valence-corrected chi connectivity index (χ0v) is 7.60. The van der Waals surface area contributed by atoms with Gasteiger partial charge in [-0.3, -0.25) is 4.79 Å². The molecule has 1 aliphatic rings. The van der Waals surface area contributed by atoms with Gasteiger partial charge >= 0.3 is 0 Å². The molecule has 0 atom stereocenters. The number of hydrogen-bond donors (Lipinski definition) is 1. The van der Waals surface area contributed by atoms with Gasteiger partial charge in [0.05, 0.1) is 0 Å². The summed E-state index contributed by atoms with van der Waals surface area (Å²) in [5.74, 6) is 0.367. The van der Waals surface area contributed by atoms with Gasteiger partial charge in [0.1, 0.15) is 0 Å². The van der Waals surface area contributed by atoms with Crippen LogP contribution in [0, 0.1) is 0 Å². The summed E-state index contributed by atoms with van der Waals surface area (Å²) in [6.07, 6.45) is 8.45. The number of allylic oxidation sites excluding steroid dienone is 3. The second-order valence-electron chi connectivity index (χ2n) is 2.63. The summed E-state index contributed by atoms with van der Waals surface area (Å²) in [5.41, 5.74) is 0.899. The van der Waals surface area contributed by atoms with E-state index < -0.39 is 0 Å². The Balaban J connectivity index is 2.35. The summed E-state index contributed by atoms with van der Waals surface area (Å²) >= 11 is 5.42. The van der Waals surface area contributed by atoms with Gasteiger partial charge in [-0.25, -0.2) is 0 Å². The molecule has 0 aliphatic heterocycles. The van der Waals surface area contributed by atoms with Gasteiger partial charge in [-0.2, -0.15) is 0 Å². The number of hydrogen-bond acceptors (Lipinski definition) is 1. The van der Waals surface area contributed by atoms with Crippen molar-refractivity contribution in [3.63, 3.8) is 0 Å².